The third-order valence-electron chi connectivity index (χ3n) is 2.48. The smallest absolute Gasteiger partial charge is 0.325 e. The Bertz CT molecular complexity index is 425. The average Bonchev–Trinajstić information content (AvgIpc) is 2.83. The fourth-order valence-corrected chi connectivity index (χ4v) is 1.44. The molecule has 18 heavy (non-hydrogen) atoms. The van der Waals surface area contributed by atoms with E-state index < -0.39 is 5.97 Å². The highest BCUT2D eigenvalue weighted by atomic mass is 16.5. The molecular weight excluding hydrogens is 236 g/mol. The van der Waals surface area contributed by atoms with Gasteiger partial charge in [-0.2, -0.15) is 0 Å². The number of ether oxygens (including phenoxy) is 1. The van der Waals surface area contributed by atoms with Crippen LogP contribution in [0.1, 0.15) is 30.2 Å². The molecule has 1 rings (SSSR count). The number of nitrogens with zero attached hydrogens (tertiary/aromatic N) is 1. The maximum atomic E-state index is 12.2. The van der Waals surface area contributed by atoms with Crippen molar-refractivity contribution in [1.29, 1.82) is 0 Å². The van der Waals surface area contributed by atoms with Gasteiger partial charge in [0.15, 0.2) is 5.76 Å². The number of carbonyl (C=O) groups excluding carboxylic acids is 2. The highest BCUT2D eigenvalue weighted by Gasteiger charge is 2.24. The Labute approximate surface area is 106 Å². The Hall–Kier alpha value is -1.82. The standard InChI is InChI=1S/C12H18N2O4/c1-8(2)14(7-11(15)17-3)12(16)10-5-4-9(6-13)18-10/h4-5,8H,6-7,13H2,1-3H3. The summed E-state index contributed by atoms with van der Waals surface area (Å²) in [6.07, 6.45) is 0. The Kier molecular flexibility index (Phi) is 4.91. The molecule has 1 amide bonds. The molecule has 0 fully saturated rings. The van der Waals surface area contributed by atoms with E-state index in [2.05, 4.69) is 4.74 Å². The summed E-state index contributed by atoms with van der Waals surface area (Å²) in [4.78, 5) is 24.8. The zero-order valence-electron chi connectivity index (χ0n) is 10.8. The molecule has 0 bridgehead atoms. The molecule has 6 heteroatoms. The second kappa shape index (κ2) is 6.20. The molecule has 0 radical (unpaired) electrons. The number of amides is 1. The number of carbonyl (C=O) groups is 2. The molecule has 0 atom stereocenters. The Morgan fingerprint density at radius 1 is 1.44 bits per heavy atom. The van der Waals surface area contributed by atoms with E-state index in [0.29, 0.717) is 5.76 Å². The van der Waals surface area contributed by atoms with E-state index in [4.69, 9.17) is 10.2 Å². The molecule has 1 aromatic heterocycles. The summed E-state index contributed by atoms with van der Waals surface area (Å²) in [6, 6.07) is 3.06. The van der Waals surface area contributed by atoms with Crippen LogP contribution in [0.15, 0.2) is 16.5 Å². The molecule has 0 unspecified atom stereocenters. The monoisotopic (exact) mass is 254 g/mol. The normalized spacial score (nSPS) is 10.5. The fraction of sp³-hybridized carbons (Fsp3) is 0.500. The summed E-state index contributed by atoms with van der Waals surface area (Å²) in [6.45, 7) is 3.75. The summed E-state index contributed by atoms with van der Waals surface area (Å²) in [7, 11) is 1.28. The number of esters is 1. The van der Waals surface area contributed by atoms with E-state index in [1.54, 1.807) is 12.1 Å². The van der Waals surface area contributed by atoms with Crippen LogP contribution in [0, 0.1) is 0 Å². The summed E-state index contributed by atoms with van der Waals surface area (Å²) in [5.41, 5.74) is 5.41. The van der Waals surface area contributed by atoms with Crippen molar-refractivity contribution in [3.05, 3.63) is 23.7 Å². The molecule has 0 aliphatic rings. The molecule has 0 aliphatic heterocycles. The van der Waals surface area contributed by atoms with Crippen molar-refractivity contribution >= 4 is 11.9 Å². The number of methoxy groups -OCH3 is 1. The summed E-state index contributed by atoms with van der Waals surface area (Å²) in [5.74, 6) is -0.120. The lowest BCUT2D eigenvalue weighted by molar-refractivity contribution is -0.141. The van der Waals surface area contributed by atoms with Crippen LogP contribution < -0.4 is 5.73 Å². The van der Waals surface area contributed by atoms with Crippen LogP contribution in [0.5, 0.6) is 0 Å². The van der Waals surface area contributed by atoms with Gasteiger partial charge in [-0.3, -0.25) is 9.59 Å². The minimum absolute atomic E-state index is 0.105. The van der Waals surface area contributed by atoms with Gasteiger partial charge in [-0.05, 0) is 26.0 Å². The lowest BCUT2D eigenvalue weighted by Crippen LogP contribution is -2.40. The van der Waals surface area contributed by atoms with Gasteiger partial charge >= 0.3 is 5.97 Å². The van der Waals surface area contributed by atoms with E-state index in [1.807, 2.05) is 13.8 Å². The van der Waals surface area contributed by atoms with Crippen molar-refractivity contribution < 1.29 is 18.7 Å². The number of nitrogens with two attached hydrogens (primary N) is 1. The van der Waals surface area contributed by atoms with Crippen LogP contribution in [0.4, 0.5) is 0 Å². The van der Waals surface area contributed by atoms with Crippen molar-refractivity contribution in [3.63, 3.8) is 0 Å². The van der Waals surface area contributed by atoms with Crippen LogP contribution in [-0.2, 0) is 16.1 Å². The first-order valence-corrected chi connectivity index (χ1v) is 5.66. The van der Waals surface area contributed by atoms with Gasteiger partial charge in [0.2, 0.25) is 0 Å². The molecule has 0 aliphatic carbocycles. The molecule has 1 aromatic rings. The Morgan fingerprint density at radius 3 is 2.56 bits per heavy atom. The number of rotatable bonds is 5. The van der Waals surface area contributed by atoms with Gasteiger partial charge in [0.1, 0.15) is 12.3 Å². The zero-order chi connectivity index (χ0) is 13.7. The van der Waals surface area contributed by atoms with Gasteiger partial charge in [0.25, 0.3) is 5.91 Å². The van der Waals surface area contributed by atoms with E-state index in [1.165, 1.54) is 12.0 Å². The van der Waals surface area contributed by atoms with Crippen molar-refractivity contribution in [2.45, 2.75) is 26.4 Å². The first-order chi connectivity index (χ1) is 8.49. The maximum absolute atomic E-state index is 12.2. The van der Waals surface area contributed by atoms with Gasteiger partial charge in [-0.15, -0.1) is 0 Å². The number of furan rings is 1. The van der Waals surface area contributed by atoms with Gasteiger partial charge < -0.3 is 19.8 Å². The van der Waals surface area contributed by atoms with Crippen LogP contribution in [0.2, 0.25) is 0 Å². The number of hydrogen-bond acceptors (Lipinski definition) is 5. The van der Waals surface area contributed by atoms with Crippen LogP contribution in [0.3, 0.4) is 0 Å². The largest absolute Gasteiger partial charge is 0.468 e. The molecular formula is C12H18N2O4. The molecule has 0 spiro atoms. The second-order valence-corrected chi connectivity index (χ2v) is 4.07. The van der Waals surface area contributed by atoms with Gasteiger partial charge in [0.05, 0.1) is 13.7 Å². The first kappa shape index (κ1) is 14.2. The molecule has 2 N–H and O–H groups in total. The Morgan fingerprint density at radius 2 is 2.11 bits per heavy atom. The molecule has 1 heterocycles. The molecule has 0 saturated heterocycles. The lowest BCUT2D eigenvalue weighted by Gasteiger charge is -2.24. The minimum atomic E-state index is -0.470. The molecule has 100 valence electrons. The van der Waals surface area contributed by atoms with Crippen LogP contribution >= 0.6 is 0 Å². The lowest BCUT2D eigenvalue weighted by atomic mass is 10.2. The van der Waals surface area contributed by atoms with Crippen molar-refractivity contribution in [2.75, 3.05) is 13.7 Å². The summed E-state index contributed by atoms with van der Waals surface area (Å²) < 4.78 is 9.83. The quantitative estimate of drug-likeness (QED) is 0.784. The van der Waals surface area contributed by atoms with Crippen molar-refractivity contribution in [2.24, 2.45) is 5.73 Å². The van der Waals surface area contributed by atoms with E-state index in [9.17, 15) is 9.59 Å². The van der Waals surface area contributed by atoms with Crippen molar-refractivity contribution in [1.82, 2.24) is 4.90 Å². The highest BCUT2D eigenvalue weighted by molar-refractivity contribution is 5.93. The van der Waals surface area contributed by atoms with E-state index in [0.717, 1.165) is 0 Å². The van der Waals surface area contributed by atoms with Gasteiger partial charge in [-0.1, -0.05) is 0 Å². The third kappa shape index (κ3) is 3.33. The molecule has 0 aromatic carbocycles. The van der Waals surface area contributed by atoms with Gasteiger partial charge in [0, 0.05) is 6.04 Å². The predicted octanol–water partition coefficient (Wildman–Crippen LogP) is 0.762. The van der Waals surface area contributed by atoms with Crippen LogP contribution in [0.25, 0.3) is 0 Å². The van der Waals surface area contributed by atoms with E-state index in [-0.39, 0.29) is 30.8 Å². The topological polar surface area (TPSA) is 85.8 Å². The van der Waals surface area contributed by atoms with Gasteiger partial charge in [-0.25, -0.2) is 0 Å². The predicted molar refractivity (Wildman–Crippen MR) is 64.8 cm³/mol. The average molecular weight is 254 g/mol. The SMILES string of the molecule is COC(=O)CN(C(=O)c1ccc(CN)o1)C(C)C. The minimum Gasteiger partial charge on any atom is -0.468 e. The molecule has 6 nitrogen and oxygen atoms in total. The van der Waals surface area contributed by atoms with Crippen molar-refractivity contribution in [3.8, 4) is 0 Å². The molecule has 0 saturated carbocycles. The fourth-order valence-electron chi connectivity index (χ4n) is 1.44. The highest BCUT2D eigenvalue weighted by Crippen LogP contribution is 2.12. The van der Waals surface area contributed by atoms with E-state index >= 15 is 0 Å². The maximum Gasteiger partial charge on any atom is 0.325 e. The van der Waals surface area contributed by atoms with Crippen LogP contribution in [-0.4, -0.2) is 36.5 Å². The summed E-state index contributed by atoms with van der Waals surface area (Å²) >= 11 is 0. The third-order valence-corrected chi connectivity index (χ3v) is 2.48. The zero-order valence-corrected chi connectivity index (χ0v) is 10.8. The number of hydrogen-bond donors (Lipinski definition) is 1. The Balaban J connectivity index is 2.85. The second-order valence-electron chi connectivity index (χ2n) is 4.07. The summed E-state index contributed by atoms with van der Waals surface area (Å²) in [5, 5.41) is 0. The first-order valence-electron chi connectivity index (χ1n) is 5.66.